The van der Waals surface area contributed by atoms with Crippen LogP contribution in [-0.2, 0) is 25.6 Å². The van der Waals surface area contributed by atoms with Crippen LogP contribution in [0, 0.1) is 33.8 Å². The third kappa shape index (κ3) is 12.8. The molecule has 12 heteroatoms. The molecule has 238 valence electrons. The Bertz CT molecular complexity index is 1100. The zero-order valence-electron chi connectivity index (χ0n) is 26.0. The molecule has 1 unspecified atom stereocenters. The molecular formula is C30H48F2N4O6. The van der Waals surface area contributed by atoms with Crippen LogP contribution in [0.25, 0.3) is 0 Å². The summed E-state index contributed by atoms with van der Waals surface area (Å²) in [4.78, 5) is 50.0. The van der Waals surface area contributed by atoms with E-state index < -0.39 is 64.4 Å². The van der Waals surface area contributed by atoms with Gasteiger partial charge in [0, 0.05) is 36.9 Å². The molecule has 4 amide bonds. The Kier molecular flexibility index (Phi) is 13.5. The molecule has 0 aliphatic carbocycles. The Morgan fingerprint density at radius 2 is 1.43 bits per heavy atom. The van der Waals surface area contributed by atoms with Crippen LogP contribution in [-0.4, -0.2) is 72.2 Å². The van der Waals surface area contributed by atoms with Crippen molar-refractivity contribution in [2.45, 2.75) is 80.4 Å². The molecule has 1 aromatic rings. The lowest BCUT2D eigenvalue weighted by molar-refractivity contribution is -0.135. The predicted molar refractivity (Wildman–Crippen MR) is 155 cm³/mol. The first-order valence-electron chi connectivity index (χ1n) is 14.0. The second kappa shape index (κ2) is 15.4. The third-order valence-corrected chi connectivity index (χ3v) is 6.57. The minimum absolute atomic E-state index is 0.0244. The first-order chi connectivity index (χ1) is 19.2. The van der Waals surface area contributed by atoms with Crippen molar-refractivity contribution in [3.8, 4) is 0 Å². The summed E-state index contributed by atoms with van der Waals surface area (Å²) in [6, 6.07) is 1.90. The number of hydrogen-bond acceptors (Lipinski definition) is 6. The molecule has 1 rings (SSSR count). The van der Waals surface area contributed by atoms with Gasteiger partial charge in [-0.15, -0.1) is 0 Å². The highest BCUT2D eigenvalue weighted by Gasteiger charge is 2.32. The maximum atomic E-state index is 14.3. The van der Waals surface area contributed by atoms with E-state index in [-0.39, 0.29) is 49.9 Å². The zero-order chi connectivity index (χ0) is 32.5. The van der Waals surface area contributed by atoms with Crippen molar-refractivity contribution in [3.05, 3.63) is 35.4 Å². The van der Waals surface area contributed by atoms with Crippen LogP contribution >= 0.6 is 0 Å². The smallest absolute Gasteiger partial charge is 0.251 e. The molecule has 0 aliphatic rings. The number of nitrogens with one attached hydrogen (secondary N) is 4. The Balaban J connectivity index is 2.77. The van der Waals surface area contributed by atoms with Gasteiger partial charge >= 0.3 is 0 Å². The van der Waals surface area contributed by atoms with Gasteiger partial charge in [-0.05, 0) is 41.5 Å². The molecule has 0 radical (unpaired) electrons. The number of aliphatic hydroxyl groups excluding tert-OH is 2. The first-order valence-corrected chi connectivity index (χ1v) is 14.0. The van der Waals surface area contributed by atoms with E-state index in [9.17, 15) is 38.2 Å². The van der Waals surface area contributed by atoms with Gasteiger partial charge in [0.25, 0.3) is 5.91 Å². The lowest BCUT2D eigenvalue weighted by atomic mass is 9.91. The number of halogens is 2. The fourth-order valence-corrected chi connectivity index (χ4v) is 3.69. The average Bonchev–Trinajstić information content (AvgIpc) is 2.88. The van der Waals surface area contributed by atoms with E-state index in [0.29, 0.717) is 0 Å². The molecule has 0 aromatic heterocycles. The summed E-state index contributed by atoms with van der Waals surface area (Å²) in [7, 11) is 0. The van der Waals surface area contributed by atoms with Crippen molar-refractivity contribution < 1.29 is 38.2 Å². The second-order valence-corrected chi connectivity index (χ2v) is 13.6. The third-order valence-electron chi connectivity index (χ3n) is 6.57. The van der Waals surface area contributed by atoms with Crippen molar-refractivity contribution in [2.24, 2.45) is 22.2 Å². The summed E-state index contributed by atoms with van der Waals surface area (Å²) < 4.78 is 28.0. The van der Waals surface area contributed by atoms with Crippen LogP contribution in [0.15, 0.2) is 18.2 Å². The number of benzene rings is 1. The lowest BCUT2D eigenvalue weighted by Crippen LogP contribution is -2.55. The van der Waals surface area contributed by atoms with Crippen molar-refractivity contribution in [1.29, 1.82) is 0 Å². The highest BCUT2D eigenvalue weighted by atomic mass is 19.1. The minimum Gasteiger partial charge on any atom is -0.394 e. The summed E-state index contributed by atoms with van der Waals surface area (Å²) in [5, 5.41) is 30.5. The number of hydrogen-bond donors (Lipinski definition) is 6. The van der Waals surface area contributed by atoms with Crippen molar-refractivity contribution in [1.82, 2.24) is 21.3 Å². The topological polar surface area (TPSA) is 157 Å². The molecule has 0 saturated carbocycles. The molecule has 0 saturated heterocycles. The second-order valence-electron chi connectivity index (χ2n) is 13.6. The minimum atomic E-state index is -1.70. The molecule has 1 aromatic carbocycles. The van der Waals surface area contributed by atoms with Gasteiger partial charge in [0.2, 0.25) is 17.7 Å². The molecule has 0 aliphatic heterocycles. The van der Waals surface area contributed by atoms with Crippen LogP contribution in [0.4, 0.5) is 8.78 Å². The molecule has 6 N–H and O–H groups in total. The summed E-state index contributed by atoms with van der Waals surface area (Å²) in [5.41, 5.74) is -2.03. The van der Waals surface area contributed by atoms with Gasteiger partial charge in [-0.3, -0.25) is 19.2 Å². The fraction of sp³-hybridized carbons (Fsp3) is 0.667. The van der Waals surface area contributed by atoms with Gasteiger partial charge in [0.15, 0.2) is 6.10 Å². The standard InChI is InChI=1S/C30H48F2N4O6/c1-28(2,3)26(41)33-14-18(11-19-13-20(31)9-10-21(19)32)12-23(38)34-16-30(7,8)17-35-25(40)24(39)22(15-37)36-27(42)29(4,5)6/h9-10,13,18,22,24,37,39H,11-12,14-17H2,1-8H3,(H,33,41)(H,34,38)(H,35,40)(H,36,42)/t18?,22-,24+/m1/s1. The van der Waals surface area contributed by atoms with E-state index in [1.807, 2.05) is 0 Å². The van der Waals surface area contributed by atoms with E-state index in [1.54, 1.807) is 55.4 Å². The summed E-state index contributed by atoms with van der Waals surface area (Å²) >= 11 is 0. The van der Waals surface area contributed by atoms with E-state index >= 15 is 0 Å². The molecule has 42 heavy (non-hydrogen) atoms. The van der Waals surface area contributed by atoms with Gasteiger partial charge in [-0.25, -0.2) is 8.78 Å². The van der Waals surface area contributed by atoms with Crippen LogP contribution in [0.1, 0.15) is 67.4 Å². The quantitative estimate of drug-likeness (QED) is 0.192. The number of rotatable bonds is 14. The first kappa shape index (κ1) is 36.9. The molecule has 0 spiro atoms. The Labute approximate surface area is 247 Å². The predicted octanol–water partition coefficient (Wildman–Crippen LogP) is 1.82. The molecular weight excluding hydrogens is 550 g/mol. The number of aliphatic hydroxyl groups is 2. The SMILES string of the molecule is CC(C)(CNC(=O)CC(CNC(=O)C(C)(C)C)Cc1cc(F)ccc1F)CNC(=O)[C@@H](O)[C@@H](CO)NC(=O)C(C)(C)C. The summed E-state index contributed by atoms with van der Waals surface area (Å²) in [6.07, 6.45) is -1.75. The lowest BCUT2D eigenvalue weighted by Gasteiger charge is -2.29. The van der Waals surface area contributed by atoms with E-state index in [2.05, 4.69) is 21.3 Å². The van der Waals surface area contributed by atoms with Crippen molar-refractivity contribution in [2.75, 3.05) is 26.2 Å². The molecule has 0 heterocycles. The highest BCUT2D eigenvalue weighted by molar-refractivity contribution is 5.85. The molecule has 0 bridgehead atoms. The van der Waals surface area contributed by atoms with E-state index in [1.165, 1.54) is 0 Å². The maximum absolute atomic E-state index is 14.3. The largest absolute Gasteiger partial charge is 0.394 e. The Morgan fingerprint density at radius 3 is 1.98 bits per heavy atom. The van der Waals surface area contributed by atoms with Crippen molar-refractivity contribution in [3.63, 3.8) is 0 Å². The van der Waals surface area contributed by atoms with E-state index in [4.69, 9.17) is 0 Å². The van der Waals surface area contributed by atoms with Gasteiger partial charge < -0.3 is 31.5 Å². The summed E-state index contributed by atoms with van der Waals surface area (Å²) in [5.74, 6) is -3.60. The average molecular weight is 599 g/mol. The van der Waals surface area contributed by atoms with Crippen molar-refractivity contribution >= 4 is 23.6 Å². The van der Waals surface area contributed by atoms with E-state index in [0.717, 1.165) is 18.2 Å². The van der Waals surface area contributed by atoms with Crippen LogP contribution in [0.2, 0.25) is 0 Å². The maximum Gasteiger partial charge on any atom is 0.251 e. The highest BCUT2D eigenvalue weighted by Crippen LogP contribution is 2.19. The summed E-state index contributed by atoms with van der Waals surface area (Å²) in [6.45, 7) is 13.3. The molecule has 3 atom stereocenters. The number of carbonyl (C=O) groups is 4. The fourth-order valence-electron chi connectivity index (χ4n) is 3.69. The molecule has 10 nitrogen and oxygen atoms in total. The van der Waals surface area contributed by atoms with Crippen LogP contribution < -0.4 is 21.3 Å². The van der Waals surface area contributed by atoms with Gasteiger partial charge in [-0.1, -0.05) is 55.4 Å². The van der Waals surface area contributed by atoms with Gasteiger partial charge in [0.05, 0.1) is 12.6 Å². The number of carbonyl (C=O) groups excluding carboxylic acids is 4. The zero-order valence-corrected chi connectivity index (χ0v) is 26.0. The molecule has 0 fully saturated rings. The number of amides is 4. The Hall–Kier alpha value is -3.12. The van der Waals surface area contributed by atoms with Crippen LogP contribution in [0.5, 0.6) is 0 Å². The monoisotopic (exact) mass is 598 g/mol. The Morgan fingerprint density at radius 1 is 0.857 bits per heavy atom. The van der Waals surface area contributed by atoms with Crippen LogP contribution in [0.3, 0.4) is 0 Å². The normalized spacial score (nSPS) is 14.4. The van der Waals surface area contributed by atoms with Gasteiger partial charge in [0.1, 0.15) is 11.6 Å². The van der Waals surface area contributed by atoms with Gasteiger partial charge in [-0.2, -0.15) is 0 Å².